The summed E-state index contributed by atoms with van der Waals surface area (Å²) < 4.78 is 12.6. The van der Waals surface area contributed by atoms with Crippen molar-refractivity contribution >= 4 is 73.5 Å². The van der Waals surface area contributed by atoms with E-state index in [0.717, 1.165) is 10.4 Å². The fraction of sp³-hybridized carbons (Fsp3) is 0.673. The predicted octanol–water partition coefficient (Wildman–Crippen LogP) is 19.2. The summed E-state index contributed by atoms with van der Waals surface area (Å²) in [4.78, 5) is 3.17. The van der Waals surface area contributed by atoms with E-state index >= 15 is 0 Å². The molecule has 0 nitrogen and oxygen atoms in total. The van der Waals surface area contributed by atoms with Crippen molar-refractivity contribution in [2.24, 2.45) is 0 Å². The summed E-state index contributed by atoms with van der Waals surface area (Å²) in [6, 6.07) is 5.30. The summed E-state index contributed by atoms with van der Waals surface area (Å²) in [5.74, 6) is 0. The van der Waals surface area contributed by atoms with Gasteiger partial charge in [-0.2, -0.15) is 0 Å². The zero-order chi connectivity index (χ0) is 42.4. The van der Waals surface area contributed by atoms with Gasteiger partial charge in [0.1, 0.15) is 0 Å². The van der Waals surface area contributed by atoms with Crippen LogP contribution in [0.4, 0.5) is 0 Å². The topological polar surface area (TPSA) is 0 Å². The molecule has 0 aromatic carbocycles. The number of hydrogen-bond acceptors (Lipinski definition) is 2. The van der Waals surface area contributed by atoms with E-state index < -0.39 is 36.8 Å². The van der Waals surface area contributed by atoms with E-state index in [0.29, 0.717) is 0 Å². The summed E-state index contributed by atoms with van der Waals surface area (Å²) in [7, 11) is 0. The molecule has 4 rings (SSSR count). The summed E-state index contributed by atoms with van der Waals surface area (Å²) in [5.41, 5.74) is 9.34. The molecule has 1 atom stereocenters. The molecule has 2 heterocycles. The molecule has 2 aromatic heterocycles. The first-order chi connectivity index (χ1) is 28.8. The third kappa shape index (κ3) is 15.1. The first kappa shape index (κ1) is 51.3. The fourth-order valence-electron chi connectivity index (χ4n) is 10.5. The molecule has 0 fully saturated rings. The van der Waals surface area contributed by atoms with Crippen LogP contribution >= 0.6 is 22.7 Å². The van der Waals surface area contributed by atoms with E-state index in [4.69, 9.17) is 0 Å². The van der Waals surface area contributed by atoms with Crippen LogP contribution in [0.25, 0.3) is 11.1 Å². The minimum atomic E-state index is -2.62. The quantitative estimate of drug-likeness (QED) is 0.0506. The molecule has 0 saturated carbocycles. The third-order valence-electron chi connectivity index (χ3n) is 14.6. The van der Waals surface area contributed by atoms with E-state index in [1.807, 2.05) is 14.2 Å². The molecule has 2 aliphatic rings. The van der Waals surface area contributed by atoms with Gasteiger partial charge in [-0.3, -0.25) is 0 Å². The Morgan fingerprint density at radius 3 is 1.75 bits per heavy atom. The first-order valence-electron chi connectivity index (χ1n) is 25.5. The number of aryl methyl sites for hydroxylation is 2. The van der Waals surface area contributed by atoms with Crippen molar-refractivity contribution in [3.63, 3.8) is 0 Å². The molecule has 59 heavy (non-hydrogen) atoms. The Morgan fingerprint density at radius 1 is 0.576 bits per heavy atom. The van der Waals surface area contributed by atoms with Crippen LogP contribution in [0.3, 0.4) is 0 Å². The van der Waals surface area contributed by atoms with Gasteiger partial charge in [-0.05, 0) is 0 Å². The van der Waals surface area contributed by atoms with Gasteiger partial charge >= 0.3 is 360 Å². The van der Waals surface area contributed by atoms with Crippen molar-refractivity contribution in [3.8, 4) is 0 Å². The van der Waals surface area contributed by atoms with Crippen molar-refractivity contribution in [3.05, 3.63) is 86.0 Å². The zero-order valence-corrected chi connectivity index (χ0v) is 47.2. The third-order valence-corrected chi connectivity index (χ3v) is 53.3. The molecule has 0 saturated heterocycles. The zero-order valence-electron chi connectivity index (χ0n) is 39.9. The average molecular weight is 1050 g/mol. The first-order valence-corrected chi connectivity index (χ1v) is 42.4. The Hall–Kier alpha value is -0.303. The van der Waals surface area contributed by atoms with Gasteiger partial charge in [0.25, 0.3) is 0 Å². The van der Waals surface area contributed by atoms with Crippen LogP contribution in [0, 0.1) is 0 Å². The van der Waals surface area contributed by atoms with Gasteiger partial charge in [0, 0.05) is 0 Å². The molecule has 2 bridgehead atoms. The molecule has 0 N–H and O–H groups in total. The predicted molar refractivity (Wildman–Crippen MR) is 279 cm³/mol. The molecule has 1 unspecified atom stereocenters. The minimum absolute atomic E-state index is 1.03. The maximum absolute atomic E-state index is 2.88. The van der Waals surface area contributed by atoms with Gasteiger partial charge in [0.15, 0.2) is 0 Å². The molecular weight excluding hydrogens is 962 g/mol. The number of fused-ring (bicyclic) bond motifs is 2. The van der Waals surface area contributed by atoms with Crippen LogP contribution in [-0.4, -0.2) is 36.8 Å². The standard InChI is InChI=1S/C31H36S2.6C4H9.2Sn/c1-3-5-7-9-13-24-19-21-32-30(24)28-17-11-16-27-23-26(28)15-12-18-29(27)31-25(20-22-33-31)14-10-8-6-4-2;6*1-3-4-2;;/h3,11-12,15-20,22H,4-10,13-14,23H2,1-2H3;6*1,3-4H2,2H3;;. The summed E-state index contributed by atoms with van der Waals surface area (Å²) >= 11 is -0.552. The van der Waals surface area contributed by atoms with E-state index in [1.54, 1.807) is 53.8 Å². The molecule has 0 amide bonds. The monoisotopic (exact) mass is 1050 g/mol. The van der Waals surface area contributed by atoms with Crippen LogP contribution in [0.15, 0.2) is 65.1 Å². The molecule has 2 aromatic rings. The van der Waals surface area contributed by atoms with Crippen molar-refractivity contribution in [2.75, 3.05) is 0 Å². The van der Waals surface area contributed by atoms with E-state index in [2.05, 4.69) is 121 Å². The number of rotatable bonds is 32. The molecule has 0 radical (unpaired) electrons. The Balaban J connectivity index is 1.68. The van der Waals surface area contributed by atoms with Crippen LogP contribution in [0.2, 0.25) is 30.6 Å². The molecule has 2 aliphatic carbocycles. The van der Waals surface area contributed by atoms with Crippen LogP contribution in [0.5, 0.6) is 0 Å². The summed E-state index contributed by atoms with van der Waals surface area (Å²) in [5, 5.41) is 2.34. The van der Waals surface area contributed by atoms with E-state index in [-0.39, 0.29) is 0 Å². The Labute approximate surface area is 383 Å². The van der Waals surface area contributed by atoms with Crippen molar-refractivity contribution in [2.45, 2.75) is 227 Å². The number of allylic oxidation sites excluding steroid dienone is 10. The van der Waals surface area contributed by atoms with Gasteiger partial charge in [0.05, 0.1) is 0 Å². The normalized spacial score (nSPS) is 15.1. The molecular formula is C55H90S2Sn2. The van der Waals surface area contributed by atoms with Gasteiger partial charge in [-0.15, -0.1) is 0 Å². The second-order valence-electron chi connectivity index (χ2n) is 19.1. The van der Waals surface area contributed by atoms with Gasteiger partial charge < -0.3 is 0 Å². The summed E-state index contributed by atoms with van der Waals surface area (Å²) in [6.45, 7) is 19.7. The fourth-order valence-corrected chi connectivity index (χ4v) is 49.8. The van der Waals surface area contributed by atoms with Crippen molar-refractivity contribution in [1.82, 2.24) is 0 Å². The van der Waals surface area contributed by atoms with E-state index in [1.165, 1.54) is 151 Å². The second kappa shape index (κ2) is 28.5. The molecule has 330 valence electrons. The molecule has 4 heteroatoms. The van der Waals surface area contributed by atoms with Gasteiger partial charge in [0.2, 0.25) is 0 Å². The maximum atomic E-state index is 2.88. The van der Waals surface area contributed by atoms with E-state index in [9.17, 15) is 0 Å². The average Bonchev–Trinajstić information content (AvgIpc) is 3.78. The number of unbranched alkanes of at least 4 members (excludes halogenated alkanes) is 10. The number of hydrogen-bond donors (Lipinski definition) is 0. The van der Waals surface area contributed by atoms with Gasteiger partial charge in [-0.1, -0.05) is 26.2 Å². The van der Waals surface area contributed by atoms with Crippen LogP contribution in [0.1, 0.15) is 205 Å². The van der Waals surface area contributed by atoms with Gasteiger partial charge in [-0.25, -0.2) is 0 Å². The van der Waals surface area contributed by atoms with Crippen molar-refractivity contribution < 1.29 is 0 Å². The summed E-state index contributed by atoms with van der Waals surface area (Å²) in [6.07, 6.45) is 44.9. The molecule has 0 spiro atoms. The number of thiophene rings is 2. The Kier molecular flexibility index (Phi) is 24.8. The second-order valence-corrected chi connectivity index (χ2v) is 50.1. The molecule has 0 aliphatic heterocycles. The SMILES string of the molecule is CCCCCCc1ccsc1C1=CC=CC2=C(c3s[c]([Sn]([CH2]CCC)([CH2]CCC)[CH2]CCC)cc3CCCC[CH](C)[Sn]([CH2]CCC)([CH2]CCC)[CH2]CCC)C=CC=C1C2. The van der Waals surface area contributed by atoms with Crippen molar-refractivity contribution in [1.29, 1.82) is 0 Å². The Bertz CT molecular complexity index is 1600. The van der Waals surface area contributed by atoms with Crippen LogP contribution in [-0.2, 0) is 12.8 Å². The van der Waals surface area contributed by atoms with Crippen LogP contribution < -0.4 is 2.89 Å². The Morgan fingerprint density at radius 2 is 1.14 bits per heavy atom.